The Hall–Kier alpha value is -1.76. The van der Waals surface area contributed by atoms with Crippen molar-refractivity contribution in [2.45, 2.75) is 46.3 Å². The van der Waals surface area contributed by atoms with Crippen molar-refractivity contribution >= 4 is 11.9 Å². The van der Waals surface area contributed by atoms with Gasteiger partial charge in [-0.3, -0.25) is 4.68 Å². The second-order valence-corrected chi connectivity index (χ2v) is 7.02. The van der Waals surface area contributed by atoms with Gasteiger partial charge in [-0.2, -0.15) is 5.10 Å². The molecule has 1 fully saturated rings. The Labute approximate surface area is 138 Å². The number of ether oxygens (including phenoxy) is 1. The molecule has 1 aromatic rings. The van der Waals surface area contributed by atoms with Crippen LogP contribution in [0.4, 0.5) is 10.6 Å². The third-order valence-electron chi connectivity index (χ3n) is 3.96. The maximum atomic E-state index is 12.3. The normalized spacial score (nSPS) is 16.4. The predicted molar refractivity (Wildman–Crippen MR) is 90.5 cm³/mol. The van der Waals surface area contributed by atoms with Gasteiger partial charge in [-0.25, -0.2) is 4.79 Å². The lowest BCUT2D eigenvalue weighted by Gasteiger charge is -2.27. The van der Waals surface area contributed by atoms with E-state index in [1.807, 2.05) is 39.4 Å². The lowest BCUT2D eigenvalue weighted by atomic mass is 10.2. The number of amides is 1. The molecule has 23 heavy (non-hydrogen) atoms. The number of rotatable bonds is 2. The number of nitrogens with zero attached hydrogens (tertiary/aromatic N) is 4. The summed E-state index contributed by atoms with van der Waals surface area (Å²) in [6, 6.07) is 0. The zero-order valence-electron chi connectivity index (χ0n) is 14.9. The van der Waals surface area contributed by atoms with Crippen LogP contribution in [0.25, 0.3) is 0 Å². The number of carbonyl (C=O) groups is 1. The Kier molecular flexibility index (Phi) is 5.19. The van der Waals surface area contributed by atoms with Gasteiger partial charge in [0.2, 0.25) is 0 Å². The minimum Gasteiger partial charge on any atom is -0.444 e. The van der Waals surface area contributed by atoms with Gasteiger partial charge in [0.1, 0.15) is 11.4 Å². The van der Waals surface area contributed by atoms with Crippen molar-refractivity contribution in [3.8, 4) is 0 Å². The Morgan fingerprint density at radius 1 is 1.26 bits per heavy atom. The summed E-state index contributed by atoms with van der Waals surface area (Å²) in [5.74, 6) is 1.07. The Morgan fingerprint density at radius 2 is 1.96 bits per heavy atom. The molecule has 0 radical (unpaired) electrons. The lowest BCUT2D eigenvalue weighted by Crippen LogP contribution is -2.39. The predicted octanol–water partition coefficient (Wildman–Crippen LogP) is 1.63. The molecular formula is C16H29N5O2. The molecule has 1 aromatic heterocycles. The highest BCUT2D eigenvalue weighted by Gasteiger charge is 2.26. The summed E-state index contributed by atoms with van der Waals surface area (Å²) in [6.07, 6.45) is 0.660. The number of hydrogen-bond donors (Lipinski definition) is 1. The van der Waals surface area contributed by atoms with Crippen molar-refractivity contribution in [2.75, 3.05) is 31.1 Å². The van der Waals surface area contributed by atoms with Crippen LogP contribution in [0, 0.1) is 6.92 Å². The van der Waals surface area contributed by atoms with Crippen LogP contribution < -0.4 is 10.6 Å². The number of aryl methyl sites for hydroxylation is 2. The van der Waals surface area contributed by atoms with Gasteiger partial charge in [0.05, 0.1) is 5.69 Å². The molecule has 2 N–H and O–H groups in total. The zero-order valence-corrected chi connectivity index (χ0v) is 14.9. The second-order valence-electron chi connectivity index (χ2n) is 7.02. The highest BCUT2D eigenvalue weighted by molar-refractivity contribution is 5.68. The summed E-state index contributed by atoms with van der Waals surface area (Å²) in [5.41, 5.74) is 7.48. The van der Waals surface area contributed by atoms with Crippen molar-refractivity contribution in [3.63, 3.8) is 0 Å². The summed E-state index contributed by atoms with van der Waals surface area (Å²) in [5, 5.41) is 4.48. The molecule has 0 aromatic carbocycles. The Balaban J connectivity index is 2.09. The molecule has 0 unspecified atom stereocenters. The van der Waals surface area contributed by atoms with E-state index in [-0.39, 0.29) is 6.09 Å². The van der Waals surface area contributed by atoms with E-state index in [1.54, 1.807) is 4.90 Å². The molecular weight excluding hydrogens is 294 g/mol. The quantitative estimate of drug-likeness (QED) is 0.895. The molecule has 1 aliphatic heterocycles. The van der Waals surface area contributed by atoms with Gasteiger partial charge >= 0.3 is 6.09 Å². The van der Waals surface area contributed by atoms with Crippen molar-refractivity contribution in [1.82, 2.24) is 14.7 Å². The molecule has 0 aliphatic carbocycles. The minimum atomic E-state index is -0.463. The van der Waals surface area contributed by atoms with Gasteiger partial charge in [-0.15, -0.1) is 0 Å². The first-order chi connectivity index (χ1) is 10.7. The van der Waals surface area contributed by atoms with Gasteiger partial charge in [-0.1, -0.05) is 0 Å². The van der Waals surface area contributed by atoms with Crippen LogP contribution >= 0.6 is 0 Å². The van der Waals surface area contributed by atoms with E-state index in [2.05, 4.69) is 10.00 Å². The van der Waals surface area contributed by atoms with Gasteiger partial charge in [0, 0.05) is 45.3 Å². The molecule has 0 atom stereocenters. The highest BCUT2D eigenvalue weighted by Crippen LogP contribution is 2.24. The van der Waals surface area contributed by atoms with Crippen LogP contribution in [0.1, 0.15) is 38.4 Å². The number of hydrogen-bond acceptors (Lipinski definition) is 5. The first-order valence-corrected chi connectivity index (χ1v) is 8.18. The van der Waals surface area contributed by atoms with Crippen LogP contribution in [0.2, 0.25) is 0 Å². The molecule has 7 heteroatoms. The topological polar surface area (TPSA) is 76.6 Å². The van der Waals surface area contributed by atoms with Gasteiger partial charge in [0.25, 0.3) is 0 Å². The number of nitrogens with two attached hydrogens (primary N) is 1. The standard InChI is InChI=1S/C16H29N5O2/c1-12-13(11-17)14(19(5)18-12)20-7-6-8-21(10-9-20)15(22)23-16(2,3)4/h6-11,17H2,1-5H3. The first-order valence-electron chi connectivity index (χ1n) is 8.18. The molecule has 0 bridgehead atoms. The fourth-order valence-electron chi connectivity index (χ4n) is 2.96. The van der Waals surface area contributed by atoms with Crippen LogP contribution in [-0.2, 0) is 18.3 Å². The Morgan fingerprint density at radius 3 is 2.57 bits per heavy atom. The largest absolute Gasteiger partial charge is 0.444 e. The molecule has 2 heterocycles. The van der Waals surface area contributed by atoms with Gasteiger partial charge in [0.15, 0.2) is 0 Å². The summed E-state index contributed by atoms with van der Waals surface area (Å²) in [4.78, 5) is 16.3. The summed E-state index contributed by atoms with van der Waals surface area (Å²) >= 11 is 0. The third kappa shape index (κ3) is 4.16. The van der Waals surface area contributed by atoms with Crippen molar-refractivity contribution in [3.05, 3.63) is 11.3 Å². The average molecular weight is 323 g/mol. The number of carbonyl (C=O) groups excluding carboxylic acids is 1. The lowest BCUT2D eigenvalue weighted by molar-refractivity contribution is 0.0263. The molecule has 2 rings (SSSR count). The molecule has 1 aliphatic rings. The highest BCUT2D eigenvalue weighted by atomic mass is 16.6. The number of aromatic nitrogens is 2. The monoisotopic (exact) mass is 323 g/mol. The Bertz CT molecular complexity index is 562. The van der Waals surface area contributed by atoms with Gasteiger partial charge in [-0.05, 0) is 34.1 Å². The van der Waals surface area contributed by atoms with E-state index >= 15 is 0 Å². The smallest absolute Gasteiger partial charge is 0.410 e. The van der Waals surface area contributed by atoms with Gasteiger partial charge < -0.3 is 20.3 Å². The van der Waals surface area contributed by atoms with E-state index in [9.17, 15) is 4.79 Å². The van der Waals surface area contributed by atoms with E-state index in [0.29, 0.717) is 19.6 Å². The van der Waals surface area contributed by atoms with Crippen molar-refractivity contribution in [1.29, 1.82) is 0 Å². The molecule has 0 spiro atoms. The third-order valence-corrected chi connectivity index (χ3v) is 3.96. The summed E-state index contributed by atoms with van der Waals surface area (Å²) < 4.78 is 7.37. The van der Waals surface area contributed by atoms with Crippen LogP contribution in [0.5, 0.6) is 0 Å². The number of anilines is 1. The fraction of sp³-hybridized carbons (Fsp3) is 0.750. The molecule has 7 nitrogen and oxygen atoms in total. The molecule has 130 valence electrons. The molecule has 1 saturated heterocycles. The fourth-order valence-corrected chi connectivity index (χ4v) is 2.96. The zero-order chi connectivity index (χ0) is 17.2. The van der Waals surface area contributed by atoms with Crippen LogP contribution in [0.3, 0.4) is 0 Å². The van der Waals surface area contributed by atoms with Crippen LogP contribution in [-0.4, -0.2) is 52.6 Å². The summed E-state index contributed by atoms with van der Waals surface area (Å²) in [7, 11) is 1.94. The molecule has 1 amide bonds. The molecule has 0 saturated carbocycles. The second kappa shape index (κ2) is 6.78. The minimum absolute atomic E-state index is 0.236. The van der Waals surface area contributed by atoms with E-state index in [0.717, 1.165) is 36.6 Å². The van der Waals surface area contributed by atoms with E-state index in [1.165, 1.54) is 0 Å². The average Bonchev–Trinajstić information content (AvgIpc) is 2.62. The SMILES string of the molecule is Cc1nn(C)c(N2CCCN(C(=O)OC(C)(C)C)CC2)c1CN. The maximum Gasteiger partial charge on any atom is 0.410 e. The maximum absolute atomic E-state index is 12.3. The van der Waals surface area contributed by atoms with Crippen LogP contribution in [0.15, 0.2) is 0 Å². The summed E-state index contributed by atoms with van der Waals surface area (Å²) in [6.45, 7) is 11.1. The van der Waals surface area contributed by atoms with E-state index in [4.69, 9.17) is 10.5 Å². The van der Waals surface area contributed by atoms with Crippen molar-refractivity contribution in [2.24, 2.45) is 12.8 Å². The van der Waals surface area contributed by atoms with E-state index < -0.39 is 5.60 Å². The first kappa shape index (κ1) is 17.6. The van der Waals surface area contributed by atoms with Crippen molar-refractivity contribution < 1.29 is 9.53 Å².